The molecule has 0 aromatic heterocycles. The van der Waals surface area contributed by atoms with Gasteiger partial charge in [-0.3, -0.25) is 14.9 Å². The van der Waals surface area contributed by atoms with Crippen LogP contribution in [0.4, 0.5) is 24.5 Å². The summed E-state index contributed by atoms with van der Waals surface area (Å²) in [5.74, 6) is -0.590. The molecule has 0 atom stereocenters. The number of non-ortho nitro benzene ring substituents is 1. The lowest BCUT2D eigenvalue weighted by Gasteiger charge is -2.08. The van der Waals surface area contributed by atoms with Gasteiger partial charge in [-0.05, 0) is 6.07 Å². The van der Waals surface area contributed by atoms with E-state index in [1.54, 1.807) is 0 Å². The third-order valence-electron chi connectivity index (χ3n) is 2.08. The normalized spacial score (nSPS) is 11.2. The van der Waals surface area contributed by atoms with E-state index in [0.29, 0.717) is 0 Å². The molecule has 9 heteroatoms. The van der Waals surface area contributed by atoms with Gasteiger partial charge >= 0.3 is 6.18 Å². The zero-order chi connectivity index (χ0) is 15.2. The fourth-order valence-electron chi connectivity index (χ4n) is 1.27. The van der Waals surface area contributed by atoms with Crippen LogP contribution < -0.4 is 5.32 Å². The first-order valence-electron chi connectivity index (χ1n) is 5.47. The first-order valence-corrected chi connectivity index (χ1v) is 5.47. The van der Waals surface area contributed by atoms with Crippen molar-refractivity contribution in [1.82, 2.24) is 0 Å². The van der Waals surface area contributed by atoms with E-state index in [1.807, 2.05) is 0 Å². The number of hydrogen-bond donors (Lipinski definition) is 1. The quantitative estimate of drug-likeness (QED) is 0.496. The van der Waals surface area contributed by atoms with Crippen molar-refractivity contribution in [1.29, 1.82) is 0 Å². The van der Waals surface area contributed by atoms with Crippen molar-refractivity contribution in [3.05, 3.63) is 34.4 Å². The van der Waals surface area contributed by atoms with Crippen molar-refractivity contribution in [3.63, 3.8) is 0 Å². The van der Waals surface area contributed by atoms with Crippen LogP contribution in [0.25, 0.3) is 0 Å². The predicted octanol–water partition coefficient (Wildman–Crippen LogP) is 2.50. The van der Waals surface area contributed by atoms with Gasteiger partial charge in [-0.15, -0.1) is 0 Å². The second-order valence-electron chi connectivity index (χ2n) is 3.77. The van der Waals surface area contributed by atoms with Crippen LogP contribution in [0.15, 0.2) is 24.3 Å². The minimum atomic E-state index is -4.43. The average Bonchev–Trinajstić information content (AvgIpc) is 2.34. The molecule has 110 valence electrons. The number of alkyl halides is 3. The summed E-state index contributed by atoms with van der Waals surface area (Å²) in [6, 6.07) is 5.21. The van der Waals surface area contributed by atoms with Gasteiger partial charge < -0.3 is 10.1 Å². The second kappa shape index (κ2) is 6.85. The molecular weight excluding hydrogens is 281 g/mol. The summed E-state index contributed by atoms with van der Waals surface area (Å²) in [5, 5.41) is 12.8. The zero-order valence-corrected chi connectivity index (χ0v) is 10.1. The van der Waals surface area contributed by atoms with Crippen LogP contribution in [-0.2, 0) is 9.53 Å². The van der Waals surface area contributed by atoms with Crippen LogP contribution in [0.2, 0.25) is 0 Å². The van der Waals surface area contributed by atoms with Crippen molar-refractivity contribution in [2.24, 2.45) is 0 Å². The highest BCUT2D eigenvalue weighted by Crippen LogP contribution is 2.17. The number of nitrogens with one attached hydrogen (secondary N) is 1. The van der Waals surface area contributed by atoms with Gasteiger partial charge in [0.05, 0.1) is 18.0 Å². The number of carbonyl (C=O) groups is 1. The number of nitrogens with zero attached hydrogens (tertiary/aromatic N) is 1. The highest BCUT2D eigenvalue weighted by Gasteiger charge is 2.27. The molecule has 0 aliphatic carbocycles. The first kappa shape index (κ1) is 15.9. The summed E-state index contributed by atoms with van der Waals surface area (Å²) in [6.07, 6.45) is -4.71. The minimum absolute atomic E-state index is 0.194. The van der Waals surface area contributed by atoms with E-state index >= 15 is 0 Å². The molecule has 0 saturated carbocycles. The summed E-state index contributed by atoms with van der Waals surface area (Å²) in [7, 11) is 0. The molecule has 0 spiro atoms. The largest absolute Gasteiger partial charge is 0.411 e. The lowest BCUT2D eigenvalue weighted by Crippen LogP contribution is -2.20. The van der Waals surface area contributed by atoms with Gasteiger partial charge in [0.15, 0.2) is 0 Å². The first-order chi connectivity index (χ1) is 9.28. The fraction of sp³-hybridized carbons (Fsp3) is 0.364. The van der Waals surface area contributed by atoms with Crippen LogP contribution in [0.1, 0.15) is 6.42 Å². The molecule has 6 nitrogen and oxygen atoms in total. The van der Waals surface area contributed by atoms with Crippen LogP contribution in [0.3, 0.4) is 0 Å². The van der Waals surface area contributed by atoms with E-state index in [1.165, 1.54) is 18.2 Å². The third kappa shape index (κ3) is 6.14. The van der Waals surface area contributed by atoms with Gasteiger partial charge in [0, 0.05) is 17.8 Å². The van der Waals surface area contributed by atoms with Crippen molar-refractivity contribution in [3.8, 4) is 0 Å². The smallest absolute Gasteiger partial charge is 0.372 e. The van der Waals surface area contributed by atoms with E-state index < -0.39 is 23.6 Å². The molecule has 0 radical (unpaired) electrons. The molecule has 1 aromatic rings. The Morgan fingerprint density at radius 3 is 2.70 bits per heavy atom. The monoisotopic (exact) mass is 292 g/mol. The number of rotatable bonds is 6. The Hall–Kier alpha value is -2.16. The summed E-state index contributed by atoms with van der Waals surface area (Å²) in [5.41, 5.74) is -0.00357. The number of nitro benzene ring substituents is 1. The Bertz CT molecular complexity index is 491. The van der Waals surface area contributed by atoms with Crippen molar-refractivity contribution < 1.29 is 27.6 Å². The Morgan fingerprint density at radius 2 is 2.10 bits per heavy atom. The highest BCUT2D eigenvalue weighted by atomic mass is 19.4. The number of ether oxygens (including phenoxy) is 1. The number of nitro groups is 1. The van der Waals surface area contributed by atoms with Crippen LogP contribution >= 0.6 is 0 Å². The van der Waals surface area contributed by atoms with E-state index in [4.69, 9.17) is 0 Å². The molecule has 1 amide bonds. The number of amides is 1. The number of carbonyl (C=O) groups excluding carboxylic acids is 1. The number of halogens is 3. The fourth-order valence-corrected chi connectivity index (χ4v) is 1.27. The van der Waals surface area contributed by atoms with E-state index in [0.717, 1.165) is 6.07 Å². The van der Waals surface area contributed by atoms with Gasteiger partial charge in [-0.2, -0.15) is 13.2 Å². The molecule has 0 bridgehead atoms. The van der Waals surface area contributed by atoms with Crippen molar-refractivity contribution in [2.75, 3.05) is 18.5 Å². The molecular formula is C11H11F3N2O4. The number of anilines is 1. The Kier molecular flexibility index (Phi) is 5.44. The standard InChI is InChI=1S/C11H11F3N2O4/c12-11(13,14)7-20-5-4-10(17)15-8-2-1-3-9(6-8)16(18)19/h1-3,6H,4-5,7H2,(H,15,17). The van der Waals surface area contributed by atoms with Crippen molar-refractivity contribution >= 4 is 17.3 Å². The maximum atomic E-state index is 11.8. The summed E-state index contributed by atoms with van der Waals surface area (Å²) >= 11 is 0. The van der Waals surface area contributed by atoms with E-state index in [9.17, 15) is 28.1 Å². The van der Waals surface area contributed by atoms with Gasteiger partial charge in [-0.25, -0.2) is 0 Å². The number of benzene rings is 1. The molecule has 20 heavy (non-hydrogen) atoms. The topological polar surface area (TPSA) is 81.5 Å². The van der Waals surface area contributed by atoms with Crippen LogP contribution in [0, 0.1) is 10.1 Å². The molecule has 1 aromatic carbocycles. The SMILES string of the molecule is O=C(CCOCC(F)(F)F)Nc1cccc([N+](=O)[O-])c1. The van der Waals surface area contributed by atoms with Gasteiger partial charge in [0.2, 0.25) is 5.91 Å². The molecule has 0 aliphatic heterocycles. The Balaban J connectivity index is 2.39. The zero-order valence-electron chi connectivity index (χ0n) is 10.1. The maximum absolute atomic E-state index is 11.8. The summed E-state index contributed by atoms with van der Waals surface area (Å²) in [6.45, 7) is -1.81. The molecule has 0 saturated heterocycles. The molecule has 1 N–H and O–H groups in total. The summed E-state index contributed by atoms with van der Waals surface area (Å²) < 4.78 is 39.5. The Labute approximate surface area is 111 Å². The van der Waals surface area contributed by atoms with Crippen molar-refractivity contribution in [2.45, 2.75) is 12.6 Å². The van der Waals surface area contributed by atoms with Crippen LogP contribution in [0.5, 0.6) is 0 Å². The molecule has 1 rings (SSSR count). The lowest BCUT2D eigenvalue weighted by molar-refractivity contribution is -0.384. The predicted molar refractivity (Wildman–Crippen MR) is 63.2 cm³/mol. The van der Waals surface area contributed by atoms with Gasteiger partial charge in [0.25, 0.3) is 5.69 Å². The molecule has 0 fully saturated rings. The minimum Gasteiger partial charge on any atom is -0.372 e. The maximum Gasteiger partial charge on any atom is 0.411 e. The lowest BCUT2D eigenvalue weighted by atomic mass is 10.2. The Morgan fingerprint density at radius 1 is 1.40 bits per heavy atom. The summed E-state index contributed by atoms with van der Waals surface area (Å²) in [4.78, 5) is 21.3. The molecule has 0 unspecified atom stereocenters. The second-order valence-corrected chi connectivity index (χ2v) is 3.77. The van der Waals surface area contributed by atoms with E-state index in [2.05, 4.69) is 10.1 Å². The molecule has 0 heterocycles. The average molecular weight is 292 g/mol. The highest BCUT2D eigenvalue weighted by molar-refractivity contribution is 5.91. The van der Waals surface area contributed by atoms with E-state index in [-0.39, 0.29) is 24.4 Å². The van der Waals surface area contributed by atoms with Crippen LogP contribution in [-0.4, -0.2) is 30.2 Å². The number of hydrogen-bond acceptors (Lipinski definition) is 4. The molecule has 0 aliphatic rings. The van der Waals surface area contributed by atoms with Gasteiger partial charge in [-0.1, -0.05) is 6.07 Å². The third-order valence-corrected chi connectivity index (χ3v) is 2.08. The van der Waals surface area contributed by atoms with Gasteiger partial charge in [0.1, 0.15) is 6.61 Å².